The van der Waals surface area contributed by atoms with Gasteiger partial charge in [0.2, 0.25) is 0 Å². The standard InChI is InChI=1S/C58H42O/c1-58(2)52-33-31-48(37-51(52)56-53(58)34-32-50-49-21-9-10-22-54(49)59-57(50)56)55(42-27-23-40(24-28-42)46-19-11-17-44(35-46)38-13-5-3-6-14-38)43-29-25-41(26-30-43)47-20-12-18-45(36-47)39-15-7-4-8-16-39/h3-37,55H,1-2H3. The first-order valence-electron chi connectivity index (χ1n) is 20.6. The average Bonchev–Trinajstić information content (AvgIpc) is 3.79. The highest BCUT2D eigenvalue weighted by Gasteiger charge is 2.38. The Morgan fingerprint density at radius 1 is 0.356 bits per heavy atom. The largest absolute Gasteiger partial charge is 0.455 e. The molecule has 280 valence electrons. The van der Waals surface area contributed by atoms with Crippen LogP contribution in [0.4, 0.5) is 0 Å². The molecule has 1 aromatic heterocycles. The summed E-state index contributed by atoms with van der Waals surface area (Å²) >= 11 is 0. The Morgan fingerprint density at radius 2 is 0.814 bits per heavy atom. The van der Waals surface area contributed by atoms with E-state index in [-0.39, 0.29) is 11.3 Å². The van der Waals surface area contributed by atoms with Gasteiger partial charge in [-0.3, -0.25) is 0 Å². The van der Waals surface area contributed by atoms with Crippen LogP contribution in [-0.2, 0) is 5.41 Å². The number of benzene rings is 9. The third kappa shape index (κ3) is 6.01. The normalized spacial score (nSPS) is 12.9. The van der Waals surface area contributed by atoms with Crippen molar-refractivity contribution in [1.82, 2.24) is 0 Å². The van der Waals surface area contributed by atoms with Crippen molar-refractivity contribution < 1.29 is 4.42 Å². The summed E-state index contributed by atoms with van der Waals surface area (Å²) in [5.41, 5.74) is 20.4. The summed E-state index contributed by atoms with van der Waals surface area (Å²) in [6.45, 7) is 4.70. The topological polar surface area (TPSA) is 13.1 Å². The number of para-hydroxylation sites is 1. The van der Waals surface area contributed by atoms with E-state index in [1.54, 1.807) is 0 Å². The molecule has 0 saturated heterocycles. The summed E-state index contributed by atoms with van der Waals surface area (Å²) in [6.07, 6.45) is 0. The first-order valence-corrected chi connectivity index (χ1v) is 20.6. The lowest BCUT2D eigenvalue weighted by Gasteiger charge is -2.23. The number of furan rings is 1. The first-order chi connectivity index (χ1) is 29.0. The summed E-state index contributed by atoms with van der Waals surface area (Å²) in [5.74, 6) is 0.0109. The molecule has 0 spiro atoms. The predicted octanol–water partition coefficient (Wildman–Crippen LogP) is 15.7. The Bertz CT molecular complexity index is 3020. The number of fused-ring (bicyclic) bond motifs is 7. The summed E-state index contributed by atoms with van der Waals surface area (Å²) in [6, 6.07) is 77.6. The van der Waals surface area contributed by atoms with Gasteiger partial charge in [0.15, 0.2) is 0 Å². The maximum Gasteiger partial charge on any atom is 0.143 e. The molecule has 0 amide bonds. The van der Waals surface area contributed by atoms with Crippen LogP contribution in [-0.4, -0.2) is 0 Å². The zero-order valence-electron chi connectivity index (χ0n) is 33.2. The van der Waals surface area contributed by atoms with Crippen LogP contribution >= 0.6 is 0 Å². The van der Waals surface area contributed by atoms with Crippen LogP contribution in [0, 0.1) is 0 Å². The van der Waals surface area contributed by atoms with Crippen LogP contribution in [0.5, 0.6) is 0 Å². The fourth-order valence-electron chi connectivity index (χ4n) is 9.55. The van der Waals surface area contributed by atoms with Gasteiger partial charge in [-0.2, -0.15) is 0 Å². The van der Waals surface area contributed by atoms with Crippen LogP contribution in [0.1, 0.15) is 47.6 Å². The van der Waals surface area contributed by atoms with Crippen molar-refractivity contribution in [2.45, 2.75) is 25.2 Å². The molecule has 0 N–H and O–H groups in total. The Balaban J connectivity index is 1.03. The molecule has 10 aromatic rings. The van der Waals surface area contributed by atoms with Crippen LogP contribution in [0.15, 0.2) is 217 Å². The molecule has 0 fully saturated rings. The van der Waals surface area contributed by atoms with Gasteiger partial charge >= 0.3 is 0 Å². The number of rotatable bonds is 7. The van der Waals surface area contributed by atoms with Gasteiger partial charge in [0.05, 0.1) is 0 Å². The molecular formula is C58H42O. The highest BCUT2D eigenvalue weighted by molar-refractivity contribution is 6.11. The number of hydrogen-bond acceptors (Lipinski definition) is 1. The predicted molar refractivity (Wildman–Crippen MR) is 247 cm³/mol. The molecular weight excluding hydrogens is 713 g/mol. The zero-order chi connectivity index (χ0) is 39.5. The van der Waals surface area contributed by atoms with Gasteiger partial charge in [0.25, 0.3) is 0 Å². The Morgan fingerprint density at radius 3 is 1.37 bits per heavy atom. The molecule has 0 unspecified atom stereocenters. The van der Waals surface area contributed by atoms with Crippen molar-refractivity contribution in [1.29, 1.82) is 0 Å². The molecule has 9 aromatic carbocycles. The molecule has 1 aliphatic rings. The van der Waals surface area contributed by atoms with Crippen molar-refractivity contribution in [2.75, 3.05) is 0 Å². The maximum atomic E-state index is 6.70. The third-order valence-corrected chi connectivity index (χ3v) is 12.6. The average molecular weight is 755 g/mol. The Labute approximate surface area is 345 Å². The van der Waals surface area contributed by atoms with Gasteiger partial charge in [0, 0.05) is 27.7 Å². The lowest BCUT2D eigenvalue weighted by Crippen LogP contribution is -2.15. The van der Waals surface area contributed by atoms with Gasteiger partial charge < -0.3 is 4.42 Å². The Hall–Kier alpha value is -7.22. The van der Waals surface area contributed by atoms with Crippen LogP contribution in [0.3, 0.4) is 0 Å². The van der Waals surface area contributed by atoms with E-state index < -0.39 is 0 Å². The second-order valence-electron chi connectivity index (χ2n) is 16.5. The minimum Gasteiger partial charge on any atom is -0.455 e. The third-order valence-electron chi connectivity index (χ3n) is 12.6. The van der Waals surface area contributed by atoms with Crippen molar-refractivity contribution in [2.24, 2.45) is 0 Å². The summed E-state index contributed by atoms with van der Waals surface area (Å²) in [5, 5.41) is 2.33. The van der Waals surface area contributed by atoms with Crippen LogP contribution < -0.4 is 0 Å². The van der Waals surface area contributed by atoms with E-state index in [0.717, 1.165) is 16.6 Å². The van der Waals surface area contributed by atoms with E-state index in [9.17, 15) is 0 Å². The van der Waals surface area contributed by atoms with E-state index in [2.05, 4.69) is 226 Å². The van der Waals surface area contributed by atoms with Crippen molar-refractivity contribution in [3.05, 3.63) is 240 Å². The highest BCUT2D eigenvalue weighted by Crippen LogP contribution is 2.53. The van der Waals surface area contributed by atoms with E-state index in [0.29, 0.717) is 0 Å². The van der Waals surface area contributed by atoms with Gasteiger partial charge in [-0.25, -0.2) is 0 Å². The molecule has 0 aliphatic heterocycles. The van der Waals surface area contributed by atoms with Gasteiger partial charge in [-0.05, 0) is 102 Å². The minimum atomic E-state index is -0.155. The molecule has 1 heteroatoms. The van der Waals surface area contributed by atoms with E-state index in [1.165, 1.54) is 88.8 Å². The fourth-order valence-corrected chi connectivity index (χ4v) is 9.55. The van der Waals surface area contributed by atoms with Crippen LogP contribution in [0.25, 0.3) is 77.6 Å². The second kappa shape index (κ2) is 14.0. The molecule has 1 aliphatic carbocycles. The first kappa shape index (κ1) is 35.0. The maximum absolute atomic E-state index is 6.70. The molecule has 0 bridgehead atoms. The van der Waals surface area contributed by atoms with Gasteiger partial charge in [-0.15, -0.1) is 0 Å². The second-order valence-corrected chi connectivity index (χ2v) is 16.5. The van der Waals surface area contributed by atoms with Crippen molar-refractivity contribution in [3.63, 3.8) is 0 Å². The SMILES string of the molecule is CC1(C)c2ccc(C(c3ccc(-c4cccc(-c5ccccc5)c4)cc3)c3ccc(-c4cccc(-c5ccccc5)c4)cc3)cc2-c2c1ccc1c2oc2ccccc21. The van der Waals surface area contributed by atoms with Gasteiger partial charge in [-0.1, -0.05) is 202 Å². The monoisotopic (exact) mass is 754 g/mol. The Kier molecular flexibility index (Phi) is 8.31. The lowest BCUT2D eigenvalue weighted by atomic mass is 9.80. The quantitative estimate of drug-likeness (QED) is 0.148. The van der Waals surface area contributed by atoms with Crippen molar-refractivity contribution >= 4 is 21.9 Å². The molecule has 1 heterocycles. The molecule has 11 rings (SSSR count). The van der Waals surface area contributed by atoms with Gasteiger partial charge in [0.1, 0.15) is 11.2 Å². The van der Waals surface area contributed by atoms with E-state index in [4.69, 9.17) is 4.42 Å². The molecule has 59 heavy (non-hydrogen) atoms. The van der Waals surface area contributed by atoms with Crippen LogP contribution in [0.2, 0.25) is 0 Å². The molecule has 1 nitrogen and oxygen atoms in total. The lowest BCUT2D eigenvalue weighted by molar-refractivity contribution is 0.653. The summed E-state index contributed by atoms with van der Waals surface area (Å²) in [7, 11) is 0. The van der Waals surface area contributed by atoms with E-state index in [1.807, 2.05) is 0 Å². The summed E-state index contributed by atoms with van der Waals surface area (Å²) in [4.78, 5) is 0. The molecule has 0 atom stereocenters. The van der Waals surface area contributed by atoms with E-state index >= 15 is 0 Å². The molecule has 0 radical (unpaired) electrons. The van der Waals surface area contributed by atoms with Crippen molar-refractivity contribution in [3.8, 4) is 55.6 Å². The summed E-state index contributed by atoms with van der Waals surface area (Å²) < 4.78 is 6.70. The number of hydrogen-bond donors (Lipinski definition) is 0. The highest BCUT2D eigenvalue weighted by atomic mass is 16.3. The molecule has 0 saturated carbocycles. The minimum absolute atomic E-state index is 0.0109. The smallest absolute Gasteiger partial charge is 0.143 e. The zero-order valence-corrected chi connectivity index (χ0v) is 33.2. The fraction of sp³-hybridized carbons (Fsp3) is 0.0690.